The van der Waals surface area contributed by atoms with Crippen molar-refractivity contribution >= 4 is 5.57 Å². The quantitative estimate of drug-likeness (QED) is 0.477. The highest BCUT2D eigenvalue weighted by atomic mass is 14.2. The van der Waals surface area contributed by atoms with E-state index in [2.05, 4.69) is 50.6 Å². The first-order chi connectivity index (χ1) is 8.67. The lowest BCUT2D eigenvalue weighted by Crippen LogP contribution is -2.16. The highest BCUT2D eigenvalue weighted by Crippen LogP contribution is 2.29. The minimum absolute atomic E-state index is 0.358. The lowest BCUT2D eigenvalue weighted by molar-refractivity contribution is 0.864. The van der Waals surface area contributed by atoms with Gasteiger partial charge in [-0.25, -0.2) is 0 Å². The molecule has 0 atom stereocenters. The minimum atomic E-state index is -0.358. The lowest BCUT2D eigenvalue weighted by Gasteiger charge is -2.23. The molecule has 0 fully saturated rings. The largest absolute Gasteiger partial charge is 0.102 e. The Morgan fingerprint density at radius 1 is 0.944 bits per heavy atom. The van der Waals surface area contributed by atoms with Crippen molar-refractivity contribution in [1.82, 2.24) is 0 Å². The van der Waals surface area contributed by atoms with Gasteiger partial charge in [0.15, 0.2) is 0 Å². The number of hydrogen-bond acceptors (Lipinski definition) is 0. The van der Waals surface area contributed by atoms with E-state index < -0.39 is 0 Å². The monoisotopic (exact) mass is 236 g/mol. The molecule has 92 valence electrons. The normalized spacial score (nSPS) is 11.7. The maximum absolute atomic E-state index is 3.87. The van der Waals surface area contributed by atoms with Gasteiger partial charge >= 0.3 is 0 Å². The van der Waals surface area contributed by atoms with Gasteiger partial charge in [0, 0.05) is 5.41 Å². The van der Waals surface area contributed by atoms with Crippen molar-refractivity contribution in [2.24, 2.45) is 0 Å². The van der Waals surface area contributed by atoms with Crippen LogP contribution in [0.3, 0.4) is 0 Å². The van der Waals surface area contributed by atoms with E-state index in [0.29, 0.717) is 0 Å². The van der Waals surface area contributed by atoms with Crippen LogP contribution in [0.2, 0.25) is 0 Å². The second-order valence-corrected chi connectivity index (χ2v) is 4.07. The van der Waals surface area contributed by atoms with Gasteiger partial charge in [0.2, 0.25) is 0 Å². The van der Waals surface area contributed by atoms with Crippen LogP contribution < -0.4 is 0 Å². The van der Waals surface area contributed by atoms with Crippen molar-refractivity contribution in [2.45, 2.75) is 12.3 Å². The van der Waals surface area contributed by atoms with Gasteiger partial charge < -0.3 is 0 Å². The Bertz CT molecular complexity index is 462. The molecule has 1 aromatic carbocycles. The number of rotatable bonds is 6. The first kappa shape index (κ1) is 14.0. The average Bonchev–Trinajstić information content (AvgIpc) is 2.44. The molecule has 0 heteroatoms. The van der Waals surface area contributed by atoms with Gasteiger partial charge in [0.05, 0.1) is 0 Å². The molecule has 0 unspecified atom stereocenters. The fourth-order valence-corrected chi connectivity index (χ4v) is 1.96. The van der Waals surface area contributed by atoms with E-state index >= 15 is 0 Å². The first-order valence-electron chi connectivity index (χ1n) is 5.98. The Hall–Kier alpha value is -2.08. The predicted octanol–water partition coefficient (Wildman–Crippen LogP) is 5.07. The second kappa shape index (κ2) is 6.02. The molecule has 0 N–H and O–H groups in total. The van der Waals surface area contributed by atoms with Gasteiger partial charge in [0.25, 0.3) is 0 Å². The molecule has 0 aliphatic rings. The van der Waals surface area contributed by atoms with E-state index in [1.165, 1.54) is 0 Å². The average molecular weight is 236 g/mol. The summed E-state index contributed by atoms with van der Waals surface area (Å²) in [6, 6.07) is 8.32. The zero-order valence-corrected chi connectivity index (χ0v) is 11.0. The van der Waals surface area contributed by atoms with E-state index in [1.807, 2.05) is 37.3 Å². The summed E-state index contributed by atoms with van der Waals surface area (Å²) in [6.45, 7) is 17.4. The Morgan fingerprint density at radius 3 is 1.78 bits per heavy atom. The maximum Gasteiger partial charge on any atom is 0.0485 e. The molecule has 18 heavy (non-hydrogen) atoms. The zero-order chi connectivity index (χ0) is 13.6. The van der Waals surface area contributed by atoms with Gasteiger partial charge in [-0.1, -0.05) is 61.2 Å². The van der Waals surface area contributed by atoms with Crippen LogP contribution in [-0.4, -0.2) is 0 Å². The van der Waals surface area contributed by atoms with Crippen LogP contribution in [0.5, 0.6) is 0 Å². The van der Waals surface area contributed by atoms with Crippen molar-refractivity contribution in [3.63, 3.8) is 0 Å². The third-order valence-electron chi connectivity index (χ3n) is 3.26. The fraction of sp³-hybridized carbons (Fsp3) is 0.111. The summed E-state index contributed by atoms with van der Waals surface area (Å²) in [7, 11) is 0. The summed E-state index contributed by atoms with van der Waals surface area (Å²) in [5, 5.41) is 0. The first-order valence-corrected chi connectivity index (χ1v) is 5.98. The minimum Gasteiger partial charge on any atom is -0.102 e. The number of benzene rings is 1. The highest BCUT2D eigenvalue weighted by Gasteiger charge is 2.20. The summed E-state index contributed by atoms with van der Waals surface area (Å²) < 4.78 is 0. The molecule has 0 aromatic heterocycles. The Labute approximate surface area is 110 Å². The molecular weight excluding hydrogens is 216 g/mol. The van der Waals surface area contributed by atoms with E-state index in [1.54, 1.807) is 0 Å². The van der Waals surface area contributed by atoms with Gasteiger partial charge in [-0.15, -0.1) is 19.7 Å². The van der Waals surface area contributed by atoms with Gasteiger partial charge in [-0.3, -0.25) is 0 Å². The molecule has 0 amide bonds. The smallest absolute Gasteiger partial charge is 0.0485 e. The van der Waals surface area contributed by atoms with E-state index in [-0.39, 0.29) is 5.41 Å². The topological polar surface area (TPSA) is 0 Å². The van der Waals surface area contributed by atoms with Gasteiger partial charge in [-0.05, 0) is 23.6 Å². The van der Waals surface area contributed by atoms with E-state index in [4.69, 9.17) is 0 Å². The summed E-state index contributed by atoms with van der Waals surface area (Å²) >= 11 is 0. The van der Waals surface area contributed by atoms with Crippen LogP contribution in [0.15, 0.2) is 81.0 Å². The molecule has 0 saturated heterocycles. The lowest BCUT2D eigenvalue weighted by atomic mass is 9.80. The molecule has 0 aliphatic carbocycles. The number of hydrogen-bond donors (Lipinski definition) is 0. The second-order valence-electron chi connectivity index (χ2n) is 4.07. The van der Waals surface area contributed by atoms with Crippen molar-refractivity contribution < 1.29 is 0 Å². The van der Waals surface area contributed by atoms with Crippen LogP contribution in [0.25, 0.3) is 5.57 Å². The Morgan fingerprint density at radius 2 is 1.44 bits per heavy atom. The molecule has 1 rings (SSSR count). The standard InChI is InChI=1S/C18H20/c1-6-15(7-2)16-11-13-17(14-12-16)18(8-3,9-4)10-5/h6-14H,1,3-5H2,2H3/b15-7+. The zero-order valence-electron chi connectivity index (χ0n) is 11.0. The SMILES string of the molecule is C=C/C(=C\C)c1ccc(C(C=C)(C=C)C=C)cc1. The third-order valence-corrected chi connectivity index (χ3v) is 3.26. The Kier molecular flexibility index (Phi) is 4.67. The summed E-state index contributed by atoms with van der Waals surface area (Å²) in [4.78, 5) is 0. The predicted molar refractivity (Wildman–Crippen MR) is 82.6 cm³/mol. The van der Waals surface area contributed by atoms with Crippen molar-refractivity contribution in [3.8, 4) is 0 Å². The summed E-state index contributed by atoms with van der Waals surface area (Å²) in [6.07, 6.45) is 9.46. The molecule has 0 saturated carbocycles. The van der Waals surface area contributed by atoms with Crippen LogP contribution in [-0.2, 0) is 5.41 Å². The number of allylic oxidation sites excluding steroid dienone is 6. The fourth-order valence-electron chi connectivity index (χ4n) is 1.96. The molecule has 0 nitrogen and oxygen atoms in total. The van der Waals surface area contributed by atoms with Crippen LogP contribution in [0, 0.1) is 0 Å². The molecule has 0 radical (unpaired) electrons. The van der Waals surface area contributed by atoms with Gasteiger partial charge in [-0.2, -0.15) is 0 Å². The highest BCUT2D eigenvalue weighted by molar-refractivity contribution is 5.73. The molecule has 1 aromatic rings. The van der Waals surface area contributed by atoms with E-state index in [9.17, 15) is 0 Å². The van der Waals surface area contributed by atoms with Crippen LogP contribution >= 0.6 is 0 Å². The summed E-state index contributed by atoms with van der Waals surface area (Å²) in [5.74, 6) is 0. The van der Waals surface area contributed by atoms with E-state index in [0.717, 1.165) is 16.7 Å². The van der Waals surface area contributed by atoms with Crippen molar-refractivity contribution in [1.29, 1.82) is 0 Å². The molecule has 0 aliphatic heterocycles. The molecule has 0 spiro atoms. The van der Waals surface area contributed by atoms with Crippen LogP contribution in [0.1, 0.15) is 18.1 Å². The third kappa shape index (κ3) is 2.43. The van der Waals surface area contributed by atoms with Crippen LogP contribution in [0.4, 0.5) is 0 Å². The Balaban J connectivity index is 3.24. The molecule has 0 bridgehead atoms. The summed E-state index contributed by atoms with van der Waals surface area (Å²) in [5.41, 5.74) is 3.04. The van der Waals surface area contributed by atoms with Gasteiger partial charge in [0.1, 0.15) is 0 Å². The molecule has 0 heterocycles. The van der Waals surface area contributed by atoms with Crippen molar-refractivity contribution in [2.75, 3.05) is 0 Å². The maximum atomic E-state index is 3.87. The molecular formula is C18H20. The van der Waals surface area contributed by atoms with Crippen molar-refractivity contribution in [3.05, 3.63) is 92.1 Å².